The summed E-state index contributed by atoms with van der Waals surface area (Å²) in [6.07, 6.45) is 5.66. The van der Waals surface area contributed by atoms with Crippen molar-refractivity contribution in [1.29, 1.82) is 0 Å². The third-order valence-electron chi connectivity index (χ3n) is 4.16. The van der Waals surface area contributed by atoms with Crippen molar-refractivity contribution in [2.45, 2.75) is 38.1 Å². The smallest absolute Gasteiger partial charge is 0.243 e. The first-order valence-electron chi connectivity index (χ1n) is 7.78. The summed E-state index contributed by atoms with van der Waals surface area (Å²) in [5, 5.41) is 2.77. The minimum Gasteiger partial charge on any atom is -0.284 e. The monoisotopic (exact) mass is 412 g/mol. The summed E-state index contributed by atoms with van der Waals surface area (Å²) in [6.45, 7) is 0. The third kappa shape index (κ3) is 3.95. The first kappa shape index (κ1) is 16.9. The number of halogens is 2. The Labute approximate surface area is 153 Å². The van der Waals surface area contributed by atoms with Gasteiger partial charge in [0, 0.05) is 21.5 Å². The van der Waals surface area contributed by atoms with Crippen LogP contribution in [0.25, 0.3) is 11.3 Å². The Morgan fingerprint density at radius 3 is 2.61 bits per heavy atom. The molecule has 0 bridgehead atoms. The number of thiazole rings is 1. The lowest BCUT2D eigenvalue weighted by Crippen LogP contribution is -2.42. The third-order valence-corrected chi connectivity index (χ3v) is 5.76. The van der Waals surface area contributed by atoms with E-state index in [0.717, 1.165) is 33.7 Å². The minimum atomic E-state index is -0.0460. The van der Waals surface area contributed by atoms with Gasteiger partial charge in [-0.2, -0.15) is 0 Å². The van der Waals surface area contributed by atoms with Crippen LogP contribution in [0.1, 0.15) is 32.1 Å². The van der Waals surface area contributed by atoms with Crippen LogP contribution in [0.3, 0.4) is 0 Å². The van der Waals surface area contributed by atoms with E-state index in [-0.39, 0.29) is 17.8 Å². The largest absolute Gasteiger partial charge is 0.284 e. The first-order valence-corrected chi connectivity index (χ1v) is 9.99. The molecule has 0 unspecified atom stereocenters. The van der Waals surface area contributed by atoms with Gasteiger partial charge < -0.3 is 0 Å². The molecule has 1 aromatic carbocycles. The van der Waals surface area contributed by atoms with E-state index in [1.807, 2.05) is 34.5 Å². The number of anilines is 1. The van der Waals surface area contributed by atoms with Crippen LogP contribution in [0.4, 0.5) is 5.13 Å². The molecular weight excluding hydrogens is 396 g/mol. The van der Waals surface area contributed by atoms with Crippen LogP contribution < -0.4 is 4.90 Å². The van der Waals surface area contributed by atoms with E-state index < -0.39 is 0 Å². The summed E-state index contributed by atoms with van der Waals surface area (Å²) in [5.41, 5.74) is 1.96. The van der Waals surface area contributed by atoms with Crippen LogP contribution in [-0.2, 0) is 4.79 Å². The predicted molar refractivity (Wildman–Crippen MR) is 100 cm³/mol. The van der Waals surface area contributed by atoms with Crippen LogP contribution >= 0.6 is 38.9 Å². The van der Waals surface area contributed by atoms with Gasteiger partial charge in [0.25, 0.3) is 0 Å². The summed E-state index contributed by atoms with van der Waals surface area (Å²) >= 11 is 10.8. The molecule has 1 amide bonds. The lowest BCUT2D eigenvalue weighted by atomic mass is 9.94. The Morgan fingerprint density at radius 1 is 1.26 bits per heavy atom. The molecule has 1 fully saturated rings. The highest BCUT2D eigenvalue weighted by atomic mass is 79.9. The molecule has 3 nitrogen and oxygen atoms in total. The van der Waals surface area contributed by atoms with Gasteiger partial charge in [-0.1, -0.05) is 47.3 Å². The van der Waals surface area contributed by atoms with Crippen molar-refractivity contribution < 1.29 is 4.79 Å². The van der Waals surface area contributed by atoms with E-state index in [1.54, 1.807) is 0 Å². The fraction of sp³-hybridized carbons (Fsp3) is 0.412. The molecule has 6 heteroatoms. The molecule has 1 aromatic heterocycles. The van der Waals surface area contributed by atoms with E-state index in [9.17, 15) is 4.79 Å². The standard InChI is InChI=1S/C17H18BrClN2OS/c18-13-8-6-12(7-9-13)15-11-23-17(20-15)21(16(22)10-19)14-4-2-1-3-5-14/h6-9,11,14H,1-5,10H2. The van der Waals surface area contributed by atoms with Gasteiger partial charge in [0.2, 0.25) is 5.91 Å². The minimum absolute atomic E-state index is 0.00367. The summed E-state index contributed by atoms with van der Waals surface area (Å²) < 4.78 is 1.04. The number of benzene rings is 1. The highest BCUT2D eigenvalue weighted by Crippen LogP contribution is 2.33. The van der Waals surface area contributed by atoms with Gasteiger partial charge >= 0.3 is 0 Å². The van der Waals surface area contributed by atoms with Gasteiger partial charge in [-0.15, -0.1) is 22.9 Å². The van der Waals surface area contributed by atoms with E-state index in [1.165, 1.54) is 30.6 Å². The topological polar surface area (TPSA) is 33.2 Å². The Kier molecular flexibility index (Phi) is 5.72. The van der Waals surface area contributed by atoms with Gasteiger partial charge in [0.15, 0.2) is 5.13 Å². The Hall–Kier alpha value is -0.910. The molecule has 0 spiro atoms. The average Bonchev–Trinajstić information content (AvgIpc) is 3.06. The molecule has 0 N–H and O–H groups in total. The molecule has 1 heterocycles. The number of alkyl halides is 1. The second kappa shape index (κ2) is 7.77. The summed E-state index contributed by atoms with van der Waals surface area (Å²) in [5.74, 6) is -0.0424. The molecule has 3 rings (SSSR count). The number of hydrogen-bond acceptors (Lipinski definition) is 3. The van der Waals surface area contributed by atoms with Gasteiger partial charge in [-0.05, 0) is 25.0 Å². The van der Waals surface area contributed by atoms with Crippen molar-refractivity contribution in [1.82, 2.24) is 4.98 Å². The van der Waals surface area contributed by atoms with Crippen LogP contribution in [0, 0.1) is 0 Å². The Balaban J connectivity index is 1.87. The van der Waals surface area contributed by atoms with Gasteiger partial charge in [0.05, 0.1) is 5.69 Å². The number of carbonyl (C=O) groups excluding carboxylic acids is 1. The van der Waals surface area contributed by atoms with Crippen molar-refractivity contribution in [2.75, 3.05) is 10.8 Å². The molecule has 0 atom stereocenters. The van der Waals surface area contributed by atoms with Crippen molar-refractivity contribution in [3.63, 3.8) is 0 Å². The second-order valence-electron chi connectivity index (χ2n) is 5.71. The van der Waals surface area contributed by atoms with Crippen molar-refractivity contribution >= 4 is 49.9 Å². The quantitative estimate of drug-likeness (QED) is 0.622. The molecule has 0 saturated heterocycles. The second-order valence-corrected chi connectivity index (χ2v) is 7.73. The van der Waals surface area contributed by atoms with E-state index >= 15 is 0 Å². The zero-order chi connectivity index (χ0) is 16.2. The zero-order valence-electron chi connectivity index (χ0n) is 12.7. The number of amides is 1. The summed E-state index contributed by atoms with van der Waals surface area (Å²) in [4.78, 5) is 18.9. The number of aromatic nitrogens is 1. The van der Waals surface area contributed by atoms with Crippen LogP contribution in [-0.4, -0.2) is 22.8 Å². The number of rotatable bonds is 4. The van der Waals surface area contributed by atoms with Crippen LogP contribution in [0.2, 0.25) is 0 Å². The Morgan fingerprint density at radius 2 is 1.96 bits per heavy atom. The summed E-state index contributed by atoms with van der Waals surface area (Å²) in [7, 11) is 0. The average molecular weight is 414 g/mol. The van der Waals surface area contributed by atoms with Crippen molar-refractivity contribution in [2.24, 2.45) is 0 Å². The highest BCUT2D eigenvalue weighted by molar-refractivity contribution is 9.10. The zero-order valence-corrected chi connectivity index (χ0v) is 15.8. The molecule has 1 saturated carbocycles. The molecule has 1 aliphatic rings. The van der Waals surface area contributed by atoms with E-state index in [2.05, 4.69) is 15.9 Å². The van der Waals surface area contributed by atoms with Gasteiger partial charge in [-0.25, -0.2) is 4.98 Å². The number of hydrogen-bond donors (Lipinski definition) is 0. The maximum absolute atomic E-state index is 12.4. The van der Waals surface area contributed by atoms with E-state index in [4.69, 9.17) is 16.6 Å². The van der Waals surface area contributed by atoms with E-state index in [0.29, 0.717) is 0 Å². The highest BCUT2D eigenvalue weighted by Gasteiger charge is 2.28. The van der Waals surface area contributed by atoms with Crippen LogP contribution in [0.5, 0.6) is 0 Å². The molecule has 23 heavy (non-hydrogen) atoms. The number of carbonyl (C=O) groups is 1. The fourth-order valence-corrected chi connectivity index (χ4v) is 4.31. The van der Waals surface area contributed by atoms with Crippen molar-refractivity contribution in [3.8, 4) is 11.3 Å². The molecule has 1 aliphatic carbocycles. The SMILES string of the molecule is O=C(CCl)N(c1nc(-c2ccc(Br)cc2)cs1)C1CCCCC1. The predicted octanol–water partition coefficient (Wildman–Crippen LogP) is 5.48. The van der Waals surface area contributed by atoms with Gasteiger partial charge in [0.1, 0.15) is 5.88 Å². The molecule has 2 aromatic rings. The van der Waals surface area contributed by atoms with Gasteiger partial charge in [-0.3, -0.25) is 9.69 Å². The molecule has 0 radical (unpaired) electrons. The molecule has 122 valence electrons. The van der Waals surface area contributed by atoms with Crippen molar-refractivity contribution in [3.05, 3.63) is 34.1 Å². The first-order chi connectivity index (χ1) is 11.2. The number of nitrogens with zero attached hydrogens (tertiary/aromatic N) is 2. The summed E-state index contributed by atoms with van der Waals surface area (Å²) in [6, 6.07) is 8.28. The van der Waals surface area contributed by atoms with Crippen LogP contribution in [0.15, 0.2) is 34.1 Å². The fourth-order valence-electron chi connectivity index (χ4n) is 3.00. The molecule has 0 aliphatic heterocycles. The maximum Gasteiger partial charge on any atom is 0.243 e. The normalized spacial score (nSPS) is 15.6. The lowest BCUT2D eigenvalue weighted by Gasteiger charge is -2.32. The maximum atomic E-state index is 12.4. The molecular formula is C17H18BrClN2OS. The Bertz CT molecular complexity index is 667. The lowest BCUT2D eigenvalue weighted by molar-refractivity contribution is -0.116.